The van der Waals surface area contributed by atoms with Gasteiger partial charge in [-0.2, -0.15) is 0 Å². The van der Waals surface area contributed by atoms with Crippen LogP contribution in [0.1, 0.15) is 24.0 Å². The molecule has 1 aliphatic carbocycles. The van der Waals surface area contributed by atoms with E-state index in [0.29, 0.717) is 6.54 Å². The molecule has 2 rings (SSSR count). The van der Waals surface area contributed by atoms with Crippen molar-refractivity contribution in [1.29, 1.82) is 0 Å². The number of hydrogen-bond donors (Lipinski definition) is 2. The van der Waals surface area contributed by atoms with Gasteiger partial charge in [0, 0.05) is 23.0 Å². The Morgan fingerprint density at radius 3 is 2.21 bits per heavy atom. The fourth-order valence-corrected chi connectivity index (χ4v) is 2.34. The smallest absolute Gasteiger partial charge is 0.197 e. The summed E-state index contributed by atoms with van der Waals surface area (Å²) in [6, 6.07) is 0. The maximum Gasteiger partial charge on any atom is 0.197 e. The van der Waals surface area contributed by atoms with Crippen molar-refractivity contribution in [3.63, 3.8) is 0 Å². The Balaban J connectivity index is 2.32. The lowest BCUT2D eigenvalue weighted by molar-refractivity contribution is 0.362. The zero-order valence-corrected chi connectivity index (χ0v) is 9.55. The molecule has 4 heteroatoms. The summed E-state index contributed by atoms with van der Waals surface area (Å²) in [5.74, 6) is 0.548. The maximum absolute atomic E-state index is 9.84. The Morgan fingerprint density at radius 1 is 1.14 bits per heavy atom. The second-order valence-electron chi connectivity index (χ2n) is 3.65. The number of nitrogens with zero attached hydrogens (tertiary/aromatic N) is 1. The van der Waals surface area contributed by atoms with E-state index in [9.17, 15) is 10.2 Å². The zero-order valence-electron chi connectivity index (χ0n) is 7.96. The summed E-state index contributed by atoms with van der Waals surface area (Å²) in [6.07, 6.45) is 3.76. The van der Waals surface area contributed by atoms with E-state index < -0.39 is 0 Å². The molecule has 1 heterocycles. The molecule has 0 unspecified atom stereocenters. The van der Waals surface area contributed by atoms with Gasteiger partial charge in [0.2, 0.25) is 0 Å². The number of aromatic hydroxyl groups is 2. The average Bonchev–Trinajstić information content (AvgIpc) is 2.72. The average molecular weight is 260 g/mol. The van der Waals surface area contributed by atoms with Crippen LogP contribution in [0, 0.1) is 0 Å². The molecule has 1 aromatic rings. The zero-order chi connectivity index (χ0) is 10.1. The molecule has 0 radical (unpaired) electrons. The molecular weight excluding hydrogens is 246 g/mol. The first-order chi connectivity index (χ1) is 6.75. The SMILES string of the molecule is Oc1c2c(c(O)n1CCCBr)CCC2. The number of hydrogen-bond acceptors (Lipinski definition) is 2. The van der Waals surface area contributed by atoms with E-state index in [4.69, 9.17) is 0 Å². The van der Waals surface area contributed by atoms with E-state index >= 15 is 0 Å². The van der Waals surface area contributed by atoms with Crippen molar-refractivity contribution >= 4 is 15.9 Å². The van der Waals surface area contributed by atoms with Crippen molar-refractivity contribution in [1.82, 2.24) is 4.57 Å². The molecule has 78 valence electrons. The van der Waals surface area contributed by atoms with Gasteiger partial charge in [0.05, 0.1) is 0 Å². The summed E-state index contributed by atoms with van der Waals surface area (Å²) < 4.78 is 1.62. The Bertz CT molecular complexity index is 319. The normalized spacial score (nSPS) is 14.6. The Labute approximate surface area is 91.5 Å². The molecular formula is C10H14BrNO2. The quantitative estimate of drug-likeness (QED) is 0.818. The predicted molar refractivity (Wildman–Crippen MR) is 58.2 cm³/mol. The van der Waals surface area contributed by atoms with Crippen LogP contribution in [0.15, 0.2) is 0 Å². The monoisotopic (exact) mass is 259 g/mol. The molecule has 0 saturated heterocycles. The molecule has 0 aromatic carbocycles. The number of alkyl halides is 1. The van der Waals surface area contributed by atoms with Gasteiger partial charge in [0.1, 0.15) is 0 Å². The number of fused-ring (bicyclic) bond motifs is 1. The second kappa shape index (κ2) is 3.85. The molecule has 0 fully saturated rings. The van der Waals surface area contributed by atoms with Crippen LogP contribution in [0.4, 0.5) is 0 Å². The van der Waals surface area contributed by atoms with Crippen molar-refractivity contribution < 1.29 is 10.2 Å². The van der Waals surface area contributed by atoms with Crippen molar-refractivity contribution in [2.45, 2.75) is 32.2 Å². The summed E-state index contributed by atoms with van der Waals surface area (Å²) in [5, 5.41) is 20.6. The van der Waals surface area contributed by atoms with Crippen LogP contribution in [0.2, 0.25) is 0 Å². The first kappa shape index (κ1) is 9.90. The van der Waals surface area contributed by atoms with Crippen LogP contribution in [0.5, 0.6) is 11.8 Å². The third kappa shape index (κ3) is 1.41. The first-order valence-electron chi connectivity index (χ1n) is 4.94. The van der Waals surface area contributed by atoms with Crippen molar-refractivity contribution in [3.05, 3.63) is 11.1 Å². The highest BCUT2D eigenvalue weighted by atomic mass is 79.9. The van der Waals surface area contributed by atoms with Crippen LogP contribution >= 0.6 is 15.9 Å². The Kier molecular flexibility index (Phi) is 2.72. The summed E-state index contributed by atoms with van der Waals surface area (Å²) >= 11 is 3.34. The lowest BCUT2D eigenvalue weighted by Crippen LogP contribution is -1.98. The Hall–Kier alpha value is -0.640. The van der Waals surface area contributed by atoms with Gasteiger partial charge >= 0.3 is 0 Å². The van der Waals surface area contributed by atoms with Gasteiger partial charge in [-0.05, 0) is 25.7 Å². The predicted octanol–water partition coefficient (Wildman–Crippen LogP) is 2.17. The number of aromatic nitrogens is 1. The summed E-state index contributed by atoms with van der Waals surface area (Å²) in [5.41, 5.74) is 1.91. The van der Waals surface area contributed by atoms with Crippen LogP contribution in [0.3, 0.4) is 0 Å². The van der Waals surface area contributed by atoms with Gasteiger partial charge < -0.3 is 10.2 Å². The summed E-state index contributed by atoms with van der Waals surface area (Å²) in [6.45, 7) is 0.677. The molecule has 0 bridgehead atoms. The third-order valence-corrected chi connectivity index (χ3v) is 3.35. The lowest BCUT2D eigenvalue weighted by atomic mass is 10.2. The molecule has 0 spiro atoms. The van der Waals surface area contributed by atoms with Gasteiger partial charge in [0.15, 0.2) is 11.8 Å². The van der Waals surface area contributed by atoms with Gasteiger partial charge in [-0.25, -0.2) is 0 Å². The van der Waals surface area contributed by atoms with Gasteiger partial charge in [-0.1, -0.05) is 15.9 Å². The van der Waals surface area contributed by atoms with Gasteiger partial charge in [-0.3, -0.25) is 4.57 Å². The van der Waals surface area contributed by atoms with E-state index in [1.165, 1.54) is 0 Å². The molecule has 1 aliphatic rings. The summed E-state index contributed by atoms with van der Waals surface area (Å²) in [4.78, 5) is 0. The minimum atomic E-state index is 0.274. The molecule has 1 aromatic heterocycles. The number of rotatable bonds is 3. The minimum Gasteiger partial charge on any atom is -0.494 e. The maximum atomic E-state index is 9.84. The third-order valence-electron chi connectivity index (χ3n) is 2.78. The molecule has 2 N–H and O–H groups in total. The standard InChI is InChI=1S/C10H14BrNO2/c11-5-2-6-12-9(13)7-3-1-4-8(7)10(12)14/h13-14H,1-6H2. The van der Waals surface area contributed by atoms with E-state index in [0.717, 1.165) is 42.1 Å². The topological polar surface area (TPSA) is 45.4 Å². The second-order valence-corrected chi connectivity index (χ2v) is 4.45. The van der Waals surface area contributed by atoms with E-state index in [1.807, 2.05) is 0 Å². The molecule has 0 atom stereocenters. The van der Waals surface area contributed by atoms with Gasteiger partial charge in [0.25, 0.3) is 0 Å². The van der Waals surface area contributed by atoms with Crippen LogP contribution in [0.25, 0.3) is 0 Å². The van der Waals surface area contributed by atoms with Crippen LogP contribution in [-0.4, -0.2) is 20.1 Å². The molecule has 0 saturated carbocycles. The van der Waals surface area contributed by atoms with E-state index in [1.54, 1.807) is 4.57 Å². The van der Waals surface area contributed by atoms with E-state index in [-0.39, 0.29) is 11.8 Å². The van der Waals surface area contributed by atoms with Crippen molar-refractivity contribution in [3.8, 4) is 11.8 Å². The summed E-state index contributed by atoms with van der Waals surface area (Å²) in [7, 11) is 0. The molecule has 0 aliphatic heterocycles. The lowest BCUT2D eigenvalue weighted by Gasteiger charge is -2.06. The Morgan fingerprint density at radius 2 is 1.71 bits per heavy atom. The van der Waals surface area contributed by atoms with Crippen LogP contribution in [-0.2, 0) is 19.4 Å². The molecule has 3 nitrogen and oxygen atoms in total. The van der Waals surface area contributed by atoms with Crippen molar-refractivity contribution in [2.24, 2.45) is 0 Å². The molecule has 14 heavy (non-hydrogen) atoms. The number of halogens is 1. The van der Waals surface area contributed by atoms with E-state index in [2.05, 4.69) is 15.9 Å². The van der Waals surface area contributed by atoms with Crippen molar-refractivity contribution in [2.75, 3.05) is 5.33 Å². The highest BCUT2D eigenvalue weighted by molar-refractivity contribution is 9.09. The minimum absolute atomic E-state index is 0.274. The van der Waals surface area contributed by atoms with Crippen LogP contribution < -0.4 is 0 Å². The fraction of sp³-hybridized carbons (Fsp3) is 0.600. The first-order valence-corrected chi connectivity index (χ1v) is 6.06. The molecule has 0 amide bonds. The highest BCUT2D eigenvalue weighted by Crippen LogP contribution is 2.39. The highest BCUT2D eigenvalue weighted by Gasteiger charge is 2.25. The van der Waals surface area contributed by atoms with Gasteiger partial charge in [-0.15, -0.1) is 0 Å². The largest absolute Gasteiger partial charge is 0.494 e. The fourth-order valence-electron chi connectivity index (χ4n) is 2.09.